The van der Waals surface area contributed by atoms with Gasteiger partial charge in [-0.2, -0.15) is 0 Å². The van der Waals surface area contributed by atoms with Gasteiger partial charge in [-0.1, -0.05) is 6.07 Å². The highest BCUT2D eigenvalue weighted by Gasteiger charge is 2.33. The van der Waals surface area contributed by atoms with E-state index >= 15 is 0 Å². The van der Waals surface area contributed by atoms with E-state index in [4.69, 9.17) is 0 Å². The van der Waals surface area contributed by atoms with E-state index in [0.717, 1.165) is 18.3 Å². The predicted molar refractivity (Wildman–Crippen MR) is 99.1 cm³/mol. The Morgan fingerprint density at radius 3 is 2.45 bits per heavy atom. The highest BCUT2D eigenvalue weighted by Crippen LogP contribution is 2.31. The molecule has 0 radical (unpaired) electrons. The topological polar surface area (TPSA) is 127 Å². The fraction of sp³-hybridized carbons (Fsp3) is 0.105. The van der Waals surface area contributed by atoms with E-state index in [0.29, 0.717) is 24.4 Å². The minimum atomic E-state index is -5.16. The number of aromatic nitrogens is 2. The number of alkyl halides is 3. The summed E-state index contributed by atoms with van der Waals surface area (Å²) in [4.78, 5) is 29.8. The number of rotatable bonds is 6. The Balaban J connectivity index is 1.99. The average molecular weight is 470 g/mol. The molecule has 1 amide bonds. The van der Waals surface area contributed by atoms with Crippen LogP contribution < -0.4 is 10.1 Å². The van der Waals surface area contributed by atoms with Crippen molar-refractivity contribution >= 4 is 11.6 Å². The SMILES string of the molecule is O=C(N[C@@H](c1ccc(OC(F)(F)F)c(F)c1)c1ncccc1F)c1cc(O)c([N+](=O)[O-])cn1. The van der Waals surface area contributed by atoms with Crippen LogP contribution in [0.1, 0.15) is 27.8 Å². The second-order valence-corrected chi connectivity index (χ2v) is 6.33. The van der Waals surface area contributed by atoms with E-state index < -0.39 is 63.4 Å². The van der Waals surface area contributed by atoms with Gasteiger partial charge in [0.05, 0.1) is 11.0 Å². The summed E-state index contributed by atoms with van der Waals surface area (Å²) in [5.41, 5.74) is -1.92. The molecule has 3 aromatic rings. The molecule has 0 saturated carbocycles. The molecule has 33 heavy (non-hydrogen) atoms. The van der Waals surface area contributed by atoms with Gasteiger partial charge in [-0.3, -0.25) is 19.9 Å². The number of carbonyl (C=O) groups excluding carboxylic acids is 1. The molecule has 14 heteroatoms. The standard InChI is InChI=1S/C19H11F5N4O5/c20-10-2-1-5-25-17(10)16(9-3-4-15(11(21)6-9)33-19(22,23)24)27-18(30)12-7-14(29)13(8-26-12)28(31)32/h1-8,16H,(H,26,29)(H,27,30)/t16-/m0/s1. The first-order valence-corrected chi connectivity index (χ1v) is 8.76. The maximum absolute atomic E-state index is 14.4. The van der Waals surface area contributed by atoms with Gasteiger partial charge in [0.2, 0.25) is 0 Å². The largest absolute Gasteiger partial charge is 0.573 e. The molecule has 172 valence electrons. The molecule has 3 rings (SSSR count). The summed E-state index contributed by atoms with van der Waals surface area (Å²) < 4.78 is 69.3. The predicted octanol–water partition coefficient (Wildman–Crippen LogP) is 3.79. The van der Waals surface area contributed by atoms with E-state index in [9.17, 15) is 42.0 Å². The van der Waals surface area contributed by atoms with Crippen molar-refractivity contribution < 1.29 is 41.5 Å². The molecular weight excluding hydrogens is 459 g/mol. The van der Waals surface area contributed by atoms with Gasteiger partial charge in [0.15, 0.2) is 17.3 Å². The lowest BCUT2D eigenvalue weighted by atomic mass is 10.0. The number of aromatic hydroxyl groups is 1. The molecule has 0 aliphatic heterocycles. The number of carbonyl (C=O) groups is 1. The second-order valence-electron chi connectivity index (χ2n) is 6.33. The Labute approximate surface area is 180 Å². The third-order valence-electron chi connectivity index (χ3n) is 4.14. The summed E-state index contributed by atoms with van der Waals surface area (Å²) in [6.45, 7) is 0. The number of hydrogen-bond donors (Lipinski definition) is 2. The molecule has 0 saturated heterocycles. The lowest BCUT2D eigenvalue weighted by Crippen LogP contribution is -2.31. The normalized spacial score (nSPS) is 12.2. The third kappa shape index (κ3) is 5.47. The number of halogens is 5. The fourth-order valence-corrected chi connectivity index (χ4v) is 2.73. The summed E-state index contributed by atoms with van der Waals surface area (Å²) in [5.74, 6) is -5.49. The van der Waals surface area contributed by atoms with Crippen LogP contribution in [0, 0.1) is 21.7 Å². The summed E-state index contributed by atoms with van der Waals surface area (Å²) in [6, 6.07) is 3.54. The lowest BCUT2D eigenvalue weighted by Gasteiger charge is -2.20. The third-order valence-corrected chi connectivity index (χ3v) is 4.14. The molecule has 1 atom stereocenters. The average Bonchev–Trinajstić information content (AvgIpc) is 2.72. The van der Waals surface area contributed by atoms with Crippen LogP contribution in [-0.4, -0.2) is 32.3 Å². The van der Waals surface area contributed by atoms with Crippen LogP contribution in [0.25, 0.3) is 0 Å². The van der Waals surface area contributed by atoms with Crippen LogP contribution in [0.15, 0.2) is 48.8 Å². The number of pyridine rings is 2. The Hall–Kier alpha value is -4.36. The summed E-state index contributed by atoms with van der Waals surface area (Å²) in [7, 11) is 0. The summed E-state index contributed by atoms with van der Waals surface area (Å²) in [6.07, 6.45) is -3.39. The Morgan fingerprint density at radius 1 is 1.15 bits per heavy atom. The summed E-state index contributed by atoms with van der Waals surface area (Å²) in [5, 5.41) is 22.7. The molecule has 2 heterocycles. The van der Waals surface area contributed by atoms with E-state index in [1.165, 1.54) is 6.07 Å². The highest BCUT2D eigenvalue weighted by molar-refractivity contribution is 5.93. The van der Waals surface area contributed by atoms with Crippen molar-refractivity contribution in [3.05, 3.63) is 87.5 Å². The van der Waals surface area contributed by atoms with Crippen LogP contribution in [0.4, 0.5) is 27.6 Å². The monoisotopic (exact) mass is 470 g/mol. The van der Waals surface area contributed by atoms with Crippen LogP contribution in [0.5, 0.6) is 11.5 Å². The Morgan fingerprint density at radius 2 is 1.88 bits per heavy atom. The molecule has 0 bridgehead atoms. The first-order chi connectivity index (χ1) is 15.5. The minimum Gasteiger partial charge on any atom is -0.502 e. The van der Waals surface area contributed by atoms with Crippen LogP contribution in [0.3, 0.4) is 0 Å². The first kappa shape index (κ1) is 23.3. The molecular formula is C19H11F5N4O5. The van der Waals surface area contributed by atoms with E-state index in [1.807, 2.05) is 0 Å². The van der Waals surface area contributed by atoms with Gasteiger partial charge in [0.25, 0.3) is 5.91 Å². The van der Waals surface area contributed by atoms with Crippen LogP contribution in [0.2, 0.25) is 0 Å². The molecule has 1 aromatic carbocycles. The van der Waals surface area contributed by atoms with Crippen molar-refractivity contribution in [2.45, 2.75) is 12.4 Å². The van der Waals surface area contributed by atoms with Gasteiger partial charge in [0, 0.05) is 12.3 Å². The highest BCUT2D eigenvalue weighted by atomic mass is 19.4. The molecule has 0 fully saturated rings. The second kappa shape index (κ2) is 9.02. The van der Waals surface area contributed by atoms with Gasteiger partial charge in [0.1, 0.15) is 23.4 Å². The number of benzene rings is 1. The van der Waals surface area contributed by atoms with Gasteiger partial charge in [-0.25, -0.2) is 13.8 Å². The number of amides is 1. The van der Waals surface area contributed by atoms with Crippen molar-refractivity contribution in [2.24, 2.45) is 0 Å². The Kier molecular flexibility index (Phi) is 6.37. The van der Waals surface area contributed by atoms with Crippen molar-refractivity contribution in [3.63, 3.8) is 0 Å². The van der Waals surface area contributed by atoms with Crippen LogP contribution in [-0.2, 0) is 0 Å². The van der Waals surface area contributed by atoms with E-state index in [1.54, 1.807) is 0 Å². The maximum Gasteiger partial charge on any atom is 0.573 e. The van der Waals surface area contributed by atoms with Gasteiger partial charge < -0.3 is 15.2 Å². The molecule has 2 aromatic heterocycles. The number of nitrogens with one attached hydrogen (secondary N) is 1. The molecule has 2 N–H and O–H groups in total. The lowest BCUT2D eigenvalue weighted by molar-refractivity contribution is -0.386. The quantitative estimate of drug-likeness (QED) is 0.319. The zero-order valence-electron chi connectivity index (χ0n) is 16.0. The van der Waals surface area contributed by atoms with Crippen molar-refractivity contribution in [2.75, 3.05) is 0 Å². The zero-order chi connectivity index (χ0) is 24.3. The smallest absolute Gasteiger partial charge is 0.502 e. The van der Waals surface area contributed by atoms with Crippen molar-refractivity contribution in [3.8, 4) is 11.5 Å². The molecule has 0 unspecified atom stereocenters. The Bertz CT molecular complexity index is 1220. The number of nitrogens with zero attached hydrogens (tertiary/aromatic N) is 3. The van der Waals surface area contributed by atoms with E-state index in [-0.39, 0.29) is 5.56 Å². The van der Waals surface area contributed by atoms with Crippen LogP contribution >= 0.6 is 0 Å². The molecule has 9 nitrogen and oxygen atoms in total. The van der Waals surface area contributed by atoms with Gasteiger partial charge >= 0.3 is 12.0 Å². The number of hydrogen-bond acceptors (Lipinski definition) is 7. The van der Waals surface area contributed by atoms with E-state index in [2.05, 4.69) is 20.0 Å². The molecule has 0 spiro atoms. The fourth-order valence-electron chi connectivity index (χ4n) is 2.73. The molecule has 0 aliphatic carbocycles. The van der Waals surface area contributed by atoms with Crippen molar-refractivity contribution in [1.82, 2.24) is 15.3 Å². The number of ether oxygens (including phenoxy) is 1. The molecule has 0 aliphatic rings. The minimum absolute atomic E-state index is 0.209. The number of nitro groups is 1. The van der Waals surface area contributed by atoms with Gasteiger partial charge in [-0.05, 0) is 29.8 Å². The summed E-state index contributed by atoms with van der Waals surface area (Å²) >= 11 is 0. The van der Waals surface area contributed by atoms with Crippen molar-refractivity contribution in [1.29, 1.82) is 0 Å². The van der Waals surface area contributed by atoms with Gasteiger partial charge in [-0.15, -0.1) is 13.2 Å². The maximum atomic E-state index is 14.4. The zero-order valence-corrected chi connectivity index (χ0v) is 16.0. The first-order valence-electron chi connectivity index (χ1n) is 8.76.